The van der Waals surface area contributed by atoms with Gasteiger partial charge in [0.25, 0.3) is 0 Å². The number of hydrogen-bond acceptors (Lipinski definition) is 3. The standard InChI is InChI=1S/C16H11NO2/c18-16-10-12(11-17-13-6-2-1-3-7-13)14-8-4-5-9-15(14)19-16/h1-11H. The van der Waals surface area contributed by atoms with Crippen molar-refractivity contribution >= 4 is 22.9 Å². The van der Waals surface area contributed by atoms with E-state index in [1.807, 2.05) is 48.5 Å². The maximum Gasteiger partial charge on any atom is 0.336 e. The Labute approximate surface area is 109 Å². The summed E-state index contributed by atoms with van der Waals surface area (Å²) >= 11 is 0. The average molecular weight is 249 g/mol. The number of hydrogen-bond donors (Lipinski definition) is 0. The van der Waals surface area contributed by atoms with Gasteiger partial charge < -0.3 is 4.42 Å². The van der Waals surface area contributed by atoms with E-state index < -0.39 is 0 Å². The molecule has 19 heavy (non-hydrogen) atoms. The zero-order valence-electron chi connectivity index (χ0n) is 10.1. The monoisotopic (exact) mass is 249 g/mol. The predicted molar refractivity (Wildman–Crippen MR) is 76.2 cm³/mol. The lowest BCUT2D eigenvalue weighted by atomic mass is 10.1. The van der Waals surface area contributed by atoms with Gasteiger partial charge in [-0.1, -0.05) is 36.4 Å². The molecule has 0 fully saturated rings. The van der Waals surface area contributed by atoms with E-state index in [4.69, 9.17) is 4.42 Å². The smallest absolute Gasteiger partial charge is 0.336 e. The third kappa shape index (κ3) is 2.45. The van der Waals surface area contributed by atoms with Crippen LogP contribution in [-0.2, 0) is 0 Å². The zero-order chi connectivity index (χ0) is 13.1. The first-order chi connectivity index (χ1) is 9.33. The Morgan fingerprint density at radius 1 is 0.947 bits per heavy atom. The van der Waals surface area contributed by atoms with Gasteiger partial charge in [0, 0.05) is 23.2 Å². The van der Waals surface area contributed by atoms with Crippen molar-refractivity contribution in [1.29, 1.82) is 0 Å². The molecule has 0 atom stereocenters. The highest BCUT2D eigenvalue weighted by Gasteiger charge is 2.02. The van der Waals surface area contributed by atoms with Crippen LogP contribution in [0.1, 0.15) is 5.56 Å². The van der Waals surface area contributed by atoms with E-state index in [1.54, 1.807) is 12.3 Å². The van der Waals surface area contributed by atoms with Gasteiger partial charge in [0.1, 0.15) is 5.58 Å². The van der Waals surface area contributed by atoms with Crippen LogP contribution in [0, 0.1) is 0 Å². The maximum atomic E-state index is 11.5. The molecule has 1 aromatic heterocycles. The second kappa shape index (κ2) is 4.90. The van der Waals surface area contributed by atoms with Crippen molar-refractivity contribution < 1.29 is 4.42 Å². The van der Waals surface area contributed by atoms with Crippen LogP contribution >= 0.6 is 0 Å². The quantitative estimate of drug-likeness (QED) is 0.515. The Morgan fingerprint density at radius 3 is 2.53 bits per heavy atom. The number of para-hydroxylation sites is 2. The van der Waals surface area contributed by atoms with Gasteiger partial charge in [0.15, 0.2) is 0 Å². The molecule has 3 nitrogen and oxygen atoms in total. The molecule has 0 saturated carbocycles. The molecule has 0 spiro atoms. The fourth-order valence-electron chi connectivity index (χ4n) is 1.90. The van der Waals surface area contributed by atoms with Gasteiger partial charge >= 0.3 is 5.63 Å². The Kier molecular flexibility index (Phi) is 2.94. The minimum Gasteiger partial charge on any atom is -0.423 e. The molecule has 0 unspecified atom stereocenters. The van der Waals surface area contributed by atoms with Crippen molar-refractivity contribution in [3.63, 3.8) is 0 Å². The van der Waals surface area contributed by atoms with Crippen molar-refractivity contribution in [2.24, 2.45) is 4.99 Å². The van der Waals surface area contributed by atoms with Gasteiger partial charge in [0.2, 0.25) is 0 Å². The zero-order valence-corrected chi connectivity index (χ0v) is 10.1. The molecule has 3 rings (SSSR count). The van der Waals surface area contributed by atoms with E-state index in [0.29, 0.717) is 5.58 Å². The molecule has 2 aromatic carbocycles. The molecule has 0 bridgehead atoms. The first kappa shape index (κ1) is 11.4. The lowest BCUT2D eigenvalue weighted by molar-refractivity contribution is 0.561. The minimum absolute atomic E-state index is 0.367. The number of aliphatic imine (C=N–C) groups is 1. The molecule has 0 aliphatic carbocycles. The molecule has 0 N–H and O–H groups in total. The summed E-state index contributed by atoms with van der Waals surface area (Å²) < 4.78 is 5.14. The summed E-state index contributed by atoms with van der Waals surface area (Å²) in [6.45, 7) is 0. The van der Waals surface area contributed by atoms with Gasteiger partial charge in [-0.25, -0.2) is 4.79 Å². The van der Waals surface area contributed by atoms with Crippen molar-refractivity contribution in [2.75, 3.05) is 0 Å². The van der Waals surface area contributed by atoms with Gasteiger partial charge in [-0.2, -0.15) is 0 Å². The summed E-state index contributed by atoms with van der Waals surface area (Å²) in [5.74, 6) is 0. The minimum atomic E-state index is -0.367. The van der Waals surface area contributed by atoms with Crippen molar-refractivity contribution in [3.8, 4) is 0 Å². The van der Waals surface area contributed by atoms with E-state index >= 15 is 0 Å². The SMILES string of the molecule is O=c1cc(C=Nc2ccccc2)c2ccccc2o1. The van der Waals surface area contributed by atoms with Gasteiger partial charge in [-0.05, 0) is 18.2 Å². The largest absolute Gasteiger partial charge is 0.423 e. The maximum absolute atomic E-state index is 11.5. The lowest BCUT2D eigenvalue weighted by Gasteiger charge is -1.99. The number of fused-ring (bicyclic) bond motifs is 1. The summed E-state index contributed by atoms with van der Waals surface area (Å²) in [6.07, 6.45) is 1.69. The summed E-state index contributed by atoms with van der Waals surface area (Å²) in [6, 6.07) is 18.5. The first-order valence-electron chi connectivity index (χ1n) is 5.95. The van der Waals surface area contributed by atoms with Gasteiger partial charge in [0.05, 0.1) is 5.69 Å². The Bertz CT molecular complexity index is 788. The number of rotatable bonds is 2. The fraction of sp³-hybridized carbons (Fsp3) is 0. The highest BCUT2D eigenvalue weighted by atomic mass is 16.4. The fourth-order valence-corrected chi connectivity index (χ4v) is 1.90. The van der Waals surface area contributed by atoms with Crippen LogP contribution in [-0.4, -0.2) is 6.21 Å². The second-order valence-electron chi connectivity index (χ2n) is 4.11. The third-order valence-corrected chi connectivity index (χ3v) is 2.79. The molecule has 0 amide bonds. The number of benzene rings is 2. The van der Waals surface area contributed by atoms with Crippen LogP contribution in [0.5, 0.6) is 0 Å². The first-order valence-corrected chi connectivity index (χ1v) is 5.95. The third-order valence-electron chi connectivity index (χ3n) is 2.79. The summed E-state index contributed by atoms with van der Waals surface area (Å²) in [5, 5.41) is 0.877. The molecular formula is C16H11NO2. The van der Waals surface area contributed by atoms with E-state index in [-0.39, 0.29) is 5.63 Å². The van der Waals surface area contributed by atoms with Crippen LogP contribution in [0.4, 0.5) is 5.69 Å². The van der Waals surface area contributed by atoms with Crippen LogP contribution in [0.2, 0.25) is 0 Å². The molecule has 0 radical (unpaired) electrons. The molecule has 92 valence electrons. The molecule has 3 aromatic rings. The second-order valence-corrected chi connectivity index (χ2v) is 4.11. The van der Waals surface area contributed by atoms with Crippen LogP contribution in [0.3, 0.4) is 0 Å². The van der Waals surface area contributed by atoms with E-state index in [2.05, 4.69) is 4.99 Å². The van der Waals surface area contributed by atoms with Crippen LogP contribution in [0.25, 0.3) is 11.0 Å². The normalized spacial score (nSPS) is 11.2. The van der Waals surface area contributed by atoms with Gasteiger partial charge in [-0.15, -0.1) is 0 Å². The van der Waals surface area contributed by atoms with Gasteiger partial charge in [-0.3, -0.25) is 4.99 Å². The van der Waals surface area contributed by atoms with Crippen molar-refractivity contribution in [2.45, 2.75) is 0 Å². The number of nitrogens with zero attached hydrogens (tertiary/aromatic N) is 1. The molecular weight excluding hydrogens is 238 g/mol. The summed E-state index contributed by atoms with van der Waals surface area (Å²) in [5.41, 5.74) is 1.81. The van der Waals surface area contributed by atoms with Crippen LogP contribution < -0.4 is 5.63 Å². The van der Waals surface area contributed by atoms with E-state index in [1.165, 1.54) is 6.07 Å². The highest BCUT2D eigenvalue weighted by molar-refractivity contribution is 5.97. The summed E-state index contributed by atoms with van der Waals surface area (Å²) in [4.78, 5) is 15.8. The Morgan fingerprint density at radius 2 is 1.68 bits per heavy atom. The van der Waals surface area contributed by atoms with Crippen LogP contribution in [0.15, 0.2) is 74.9 Å². The topological polar surface area (TPSA) is 42.6 Å². The predicted octanol–water partition coefficient (Wildman–Crippen LogP) is 3.54. The lowest BCUT2D eigenvalue weighted by Crippen LogP contribution is -1.99. The average Bonchev–Trinajstić information content (AvgIpc) is 2.45. The molecule has 0 aliphatic heterocycles. The van der Waals surface area contributed by atoms with E-state index in [9.17, 15) is 4.79 Å². The molecule has 0 saturated heterocycles. The highest BCUT2D eigenvalue weighted by Crippen LogP contribution is 2.16. The molecule has 0 aliphatic rings. The van der Waals surface area contributed by atoms with Crippen molar-refractivity contribution in [3.05, 3.63) is 76.6 Å². The van der Waals surface area contributed by atoms with Crippen molar-refractivity contribution in [1.82, 2.24) is 0 Å². The van der Waals surface area contributed by atoms with E-state index in [0.717, 1.165) is 16.6 Å². The molecule has 3 heteroatoms. The Hall–Kier alpha value is -2.68. The summed E-state index contributed by atoms with van der Waals surface area (Å²) in [7, 11) is 0. The Balaban J connectivity index is 2.10. The molecule has 1 heterocycles.